The van der Waals surface area contributed by atoms with Gasteiger partial charge >= 0.3 is 0 Å². The van der Waals surface area contributed by atoms with Crippen LogP contribution in [-0.2, 0) is 24.6 Å². The normalized spacial score (nSPS) is 17.6. The summed E-state index contributed by atoms with van der Waals surface area (Å²) in [6.45, 7) is 8.76. The number of aliphatic imine (C=N–C) groups is 1. The quantitative estimate of drug-likeness (QED) is 0.0592. The standard InChI is InChI=1S/C53H52N8O9S/c1-7-35-13-12-14-38(25-35)57-49-40-27-43(44(67-23-21-65-6)28-41(40)54-31-55-49)68-24-22-66-19-10-8-9-11-20-69-46-29-45(70-60-46)47(33(2)3)51(63)61-30-39(62)26-42(61)50-58-52(64)53(5,59-50)37-17-15-36(16-18-37)48-34(4)56-32-71-48/h1,12-18,25,27-29,31-33,39,42,47,62H,19-24,26,30H2,2-6H3,(H,54,55,57)(H,58,59,64)/t39-,42+,47+,53+/m1/s1. The van der Waals surface area contributed by atoms with E-state index >= 15 is 0 Å². The minimum atomic E-state index is -1.23. The topological polar surface area (TPSA) is 205 Å². The number of methoxy groups -OCH3 is 1. The molecule has 0 aliphatic carbocycles. The Hall–Kier alpha value is -7.79. The predicted molar refractivity (Wildman–Crippen MR) is 267 cm³/mol. The summed E-state index contributed by atoms with van der Waals surface area (Å²) in [6.07, 6.45) is 6.46. The van der Waals surface area contributed by atoms with Gasteiger partial charge in [0.1, 0.15) is 43.7 Å². The Balaban J connectivity index is 0.826. The average molecular weight is 977 g/mol. The van der Waals surface area contributed by atoms with Gasteiger partial charge in [-0.25, -0.2) is 19.9 Å². The van der Waals surface area contributed by atoms with Gasteiger partial charge < -0.3 is 48.8 Å². The predicted octanol–water partition coefficient (Wildman–Crippen LogP) is 6.43. The van der Waals surface area contributed by atoms with Crippen molar-refractivity contribution in [3.63, 3.8) is 0 Å². The summed E-state index contributed by atoms with van der Waals surface area (Å²) in [5, 5.41) is 21.8. The third-order valence-electron chi connectivity index (χ3n) is 11.8. The molecular weight excluding hydrogens is 925 g/mol. The fourth-order valence-electron chi connectivity index (χ4n) is 8.21. The number of benzene rings is 3. The Morgan fingerprint density at radius 1 is 1.00 bits per heavy atom. The summed E-state index contributed by atoms with van der Waals surface area (Å²) in [4.78, 5) is 48.6. The number of amides is 2. The van der Waals surface area contributed by atoms with Crippen molar-refractivity contribution >= 4 is 51.4 Å². The Morgan fingerprint density at radius 2 is 1.77 bits per heavy atom. The van der Waals surface area contributed by atoms with Gasteiger partial charge in [-0.1, -0.05) is 56.0 Å². The Labute approximate surface area is 415 Å². The molecule has 2 amide bonds. The first kappa shape index (κ1) is 49.6. The molecule has 3 aromatic carbocycles. The van der Waals surface area contributed by atoms with E-state index in [0.29, 0.717) is 58.6 Å². The number of aromatic nitrogens is 4. The van der Waals surface area contributed by atoms with Gasteiger partial charge in [-0.3, -0.25) is 9.59 Å². The number of amidine groups is 1. The van der Waals surface area contributed by atoms with Gasteiger partial charge in [-0.05, 0) is 78.1 Å². The second-order valence-corrected chi connectivity index (χ2v) is 17.9. The summed E-state index contributed by atoms with van der Waals surface area (Å²) >= 11 is 1.55. The molecule has 6 aromatic rings. The molecule has 3 N–H and O–H groups in total. The summed E-state index contributed by atoms with van der Waals surface area (Å²) in [5.41, 5.74) is 5.38. The number of terminal acetylenes is 1. The molecule has 71 heavy (non-hydrogen) atoms. The summed E-state index contributed by atoms with van der Waals surface area (Å²) in [7, 11) is 1.60. The van der Waals surface area contributed by atoms with Crippen LogP contribution >= 0.6 is 11.3 Å². The van der Waals surface area contributed by atoms with Gasteiger partial charge in [0.05, 0.1) is 47.0 Å². The fourth-order valence-corrected chi connectivity index (χ4v) is 9.02. The largest absolute Gasteiger partial charge is 0.487 e. The van der Waals surface area contributed by atoms with Crippen LogP contribution in [0.2, 0.25) is 0 Å². The molecule has 1 fully saturated rings. The van der Waals surface area contributed by atoms with Crippen molar-refractivity contribution in [3.8, 4) is 63.8 Å². The number of nitrogens with one attached hydrogen (secondary N) is 2. The van der Waals surface area contributed by atoms with Crippen LogP contribution in [0.1, 0.15) is 55.7 Å². The van der Waals surface area contributed by atoms with Crippen LogP contribution in [0.3, 0.4) is 0 Å². The zero-order chi connectivity index (χ0) is 49.9. The molecule has 3 aromatic heterocycles. The van der Waals surface area contributed by atoms with Crippen molar-refractivity contribution in [3.05, 3.63) is 101 Å². The number of carbonyl (C=O) groups excluding carboxylic acids is 2. The van der Waals surface area contributed by atoms with E-state index in [9.17, 15) is 14.7 Å². The minimum Gasteiger partial charge on any atom is -0.487 e. The minimum absolute atomic E-state index is 0.0396. The van der Waals surface area contributed by atoms with Gasteiger partial charge in [-0.15, -0.1) is 17.8 Å². The van der Waals surface area contributed by atoms with Crippen LogP contribution < -0.4 is 24.8 Å². The highest BCUT2D eigenvalue weighted by Crippen LogP contribution is 2.38. The molecule has 4 atom stereocenters. The maximum Gasteiger partial charge on any atom is 0.257 e. The highest BCUT2D eigenvalue weighted by atomic mass is 32.1. The van der Waals surface area contributed by atoms with Crippen LogP contribution in [0.15, 0.2) is 88.1 Å². The summed E-state index contributed by atoms with van der Waals surface area (Å²) in [6, 6.07) is 19.7. The molecule has 8 rings (SSSR count). The molecular formula is C53H52N8O9S. The lowest BCUT2D eigenvalue weighted by molar-refractivity contribution is -0.134. The molecule has 5 heterocycles. The van der Waals surface area contributed by atoms with E-state index in [1.807, 2.05) is 75.4 Å². The number of aryl methyl sites for hydroxylation is 1. The first-order valence-electron chi connectivity index (χ1n) is 22.9. The number of hydrogen-bond donors (Lipinski definition) is 3. The maximum atomic E-state index is 14.3. The molecule has 17 nitrogen and oxygen atoms in total. The molecule has 0 radical (unpaired) electrons. The van der Waals surface area contributed by atoms with Crippen molar-refractivity contribution in [2.75, 3.05) is 58.6 Å². The SMILES string of the molecule is C#Cc1cccc(Nc2ncnc3cc(OCCOC)c(OCCOCC#CC#CCOc4cc([C@@H](C(=O)N5C[C@H](O)C[C@H]5C5=N[C@@](C)(c6ccc(-c7scnc7C)cc6)C(=O)N5)C(C)C)on4)cc23)c1. The van der Waals surface area contributed by atoms with Gasteiger partial charge in [0.2, 0.25) is 5.91 Å². The van der Waals surface area contributed by atoms with Crippen LogP contribution in [0.4, 0.5) is 11.5 Å². The van der Waals surface area contributed by atoms with Crippen molar-refractivity contribution in [1.29, 1.82) is 0 Å². The monoisotopic (exact) mass is 976 g/mol. The van der Waals surface area contributed by atoms with E-state index < -0.39 is 23.6 Å². The number of nitrogens with zero attached hydrogens (tertiary/aromatic N) is 6. The summed E-state index contributed by atoms with van der Waals surface area (Å²) < 4.78 is 34.2. The number of aliphatic hydroxyl groups excluding tert-OH is 1. The van der Waals surface area contributed by atoms with Crippen molar-refractivity contribution in [2.45, 2.75) is 57.7 Å². The Morgan fingerprint density at radius 3 is 2.52 bits per heavy atom. The molecule has 0 saturated carbocycles. The number of aliphatic hydroxyl groups is 1. The number of anilines is 2. The van der Waals surface area contributed by atoms with E-state index in [1.165, 1.54) is 6.33 Å². The van der Waals surface area contributed by atoms with E-state index in [4.69, 9.17) is 39.6 Å². The first-order valence-corrected chi connectivity index (χ1v) is 23.7. The second-order valence-electron chi connectivity index (χ2n) is 17.1. The van der Waals surface area contributed by atoms with Gasteiger partial charge in [0.25, 0.3) is 11.8 Å². The highest BCUT2D eigenvalue weighted by Gasteiger charge is 2.48. The molecule has 0 spiro atoms. The molecule has 364 valence electrons. The molecule has 1 saturated heterocycles. The number of likely N-dealkylation sites (tertiary alicyclic amines) is 1. The molecule has 2 aliphatic rings. The lowest BCUT2D eigenvalue weighted by Gasteiger charge is -2.29. The molecule has 0 bridgehead atoms. The number of rotatable bonds is 19. The molecule has 18 heteroatoms. The fraction of sp³-hybridized carbons (Fsp3) is 0.340. The van der Waals surface area contributed by atoms with E-state index in [0.717, 1.165) is 27.4 Å². The lowest BCUT2D eigenvalue weighted by atomic mass is 9.91. The average Bonchev–Trinajstić information content (AvgIpc) is 4.18. The molecule has 0 unspecified atom stereocenters. The van der Waals surface area contributed by atoms with Crippen LogP contribution in [0, 0.1) is 48.9 Å². The maximum absolute atomic E-state index is 14.3. The van der Waals surface area contributed by atoms with E-state index in [2.05, 4.69) is 60.3 Å². The van der Waals surface area contributed by atoms with Crippen LogP contribution in [-0.4, -0.2) is 113 Å². The number of hydrogen-bond acceptors (Lipinski definition) is 16. The number of fused-ring (bicyclic) bond motifs is 1. The third-order valence-corrected chi connectivity index (χ3v) is 12.8. The Bertz CT molecular complexity index is 3090. The summed E-state index contributed by atoms with van der Waals surface area (Å²) in [5.74, 6) is 14.5. The zero-order valence-electron chi connectivity index (χ0n) is 39.9. The van der Waals surface area contributed by atoms with Crippen molar-refractivity contribution in [2.24, 2.45) is 10.9 Å². The zero-order valence-corrected chi connectivity index (χ0v) is 40.7. The highest BCUT2D eigenvalue weighted by molar-refractivity contribution is 7.13. The van der Waals surface area contributed by atoms with Gasteiger partial charge in [-0.2, -0.15) is 0 Å². The van der Waals surface area contributed by atoms with Crippen molar-refractivity contribution in [1.82, 2.24) is 30.3 Å². The third kappa shape index (κ3) is 11.6. The Kier molecular flexibility index (Phi) is 15.9. The number of thiazole rings is 1. The number of ether oxygens (including phenoxy) is 5. The van der Waals surface area contributed by atoms with E-state index in [-0.39, 0.29) is 63.0 Å². The number of β-amino-alcohol motifs (C(OH)–C–C–N with tert-alkyl or cyclic N) is 1. The number of carbonyl (C=O) groups is 2. The van der Waals surface area contributed by atoms with Crippen LogP contribution in [0.25, 0.3) is 21.3 Å². The van der Waals surface area contributed by atoms with E-state index in [1.54, 1.807) is 47.9 Å². The van der Waals surface area contributed by atoms with Crippen LogP contribution in [0.5, 0.6) is 17.4 Å². The van der Waals surface area contributed by atoms with Crippen molar-refractivity contribution < 1.29 is 42.9 Å². The smallest absolute Gasteiger partial charge is 0.257 e. The van der Waals surface area contributed by atoms with Gasteiger partial charge in [0.15, 0.2) is 29.4 Å². The lowest BCUT2D eigenvalue weighted by Crippen LogP contribution is -2.48. The second kappa shape index (κ2) is 22.8. The van der Waals surface area contributed by atoms with Gasteiger partial charge in [0, 0.05) is 48.8 Å². The first-order chi connectivity index (χ1) is 34.4. The molecule has 2 aliphatic heterocycles.